The molecule has 3 rings (SSSR count). The minimum Gasteiger partial charge on any atom is -0.497 e. The molecule has 0 unspecified atom stereocenters. The van der Waals surface area contributed by atoms with Crippen molar-refractivity contribution in [1.29, 1.82) is 0 Å². The number of rotatable bonds is 7. The molecule has 148 valence electrons. The highest BCUT2D eigenvalue weighted by Crippen LogP contribution is 2.27. The predicted octanol–water partition coefficient (Wildman–Crippen LogP) is 2.81. The van der Waals surface area contributed by atoms with Crippen molar-refractivity contribution in [2.75, 3.05) is 14.2 Å². The monoisotopic (exact) mass is 401 g/mol. The second kappa shape index (κ2) is 8.04. The summed E-state index contributed by atoms with van der Waals surface area (Å²) in [5.74, 6) is 1.84. The molecular formula is C20H23N3O4S. The lowest BCUT2D eigenvalue weighted by Crippen LogP contribution is -2.31. The summed E-state index contributed by atoms with van der Waals surface area (Å²) in [6.45, 7) is 1.80. The van der Waals surface area contributed by atoms with Gasteiger partial charge in [0.25, 0.3) is 0 Å². The van der Waals surface area contributed by atoms with E-state index < -0.39 is 16.1 Å². The minimum atomic E-state index is -3.82. The third kappa shape index (κ3) is 4.02. The first-order chi connectivity index (χ1) is 13.4. The number of ether oxygens (including phenoxy) is 2. The average molecular weight is 401 g/mol. The molecule has 0 aliphatic carbocycles. The van der Waals surface area contributed by atoms with Gasteiger partial charge < -0.3 is 14.0 Å². The van der Waals surface area contributed by atoms with Crippen LogP contribution < -0.4 is 14.2 Å². The van der Waals surface area contributed by atoms with Crippen LogP contribution in [0, 0.1) is 6.92 Å². The van der Waals surface area contributed by atoms with Gasteiger partial charge in [-0.15, -0.1) is 0 Å². The number of sulfonamides is 1. The summed E-state index contributed by atoms with van der Waals surface area (Å²) in [5, 5.41) is 0. The van der Waals surface area contributed by atoms with Gasteiger partial charge in [0.2, 0.25) is 10.0 Å². The van der Waals surface area contributed by atoms with E-state index in [-0.39, 0.29) is 4.90 Å². The highest BCUT2D eigenvalue weighted by atomic mass is 32.2. The van der Waals surface area contributed by atoms with Gasteiger partial charge in [0.1, 0.15) is 23.4 Å². The smallest absolute Gasteiger partial charge is 0.241 e. The number of nitrogens with zero attached hydrogens (tertiary/aromatic N) is 2. The van der Waals surface area contributed by atoms with Gasteiger partial charge in [0.05, 0.1) is 19.1 Å². The van der Waals surface area contributed by atoms with Crippen molar-refractivity contribution in [3.63, 3.8) is 0 Å². The quantitative estimate of drug-likeness (QED) is 0.658. The van der Waals surface area contributed by atoms with Crippen LogP contribution in [0.2, 0.25) is 0 Å². The Kier molecular flexibility index (Phi) is 5.71. The molecular weight excluding hydrogens is 378 g/mol. The lowest BCUT2D eigenvalue weighted by Gasteiger charge is -2.20. The van der Waals surface area contributed by atoms with Crippen molar-refractivity contribution in [1.82, 2.24) is 14.3 Å². The summed E-state index contributed by atoms with van der Waals surface area (Å²) in [4.78, 5) is 4.51. The van der Waals surface area contributed by atoms with Crippen molar-refractivity contribution >= 4 is 10.0 Å². The van der Waals surface area contributed by atoms with Crippen LogP contribution in [-0.2, 0) is 17.1 Å². The molecule has 2 aromatic carbocycles. The fourth-order valence-electron chi connectivity index (χ4n) is 2.99. The number of imidazole rings is 1. The number of aryl methyl sites for hydroxylation is 2. The van der Waals surface area contributed by atoms with E-state index in [1.165, 1.54) is 6.07 Å². The molecule has 0 saturated heterocycles. The van der Waals surface area contributed by atoms with Gasteiger partial charge >= 0.3 is 0 Å². The Morgan fingerprint density at radius 3 is 2.50 bits per heavy atom. The summed E-state index contributed by atoms with van der Waals surface area (Å²) in [6, 6.07) is 11.3. The first-order valence-electron chi connectivity index (χ1n) is 8.64. The molecule has 0 fully saturated rings. The fourth-order valence-corrected chi connectivity index (χ4v) is 4.25. The second-order valence-electron chi connectivity index (χ2n) is 6.36. The van der Waals surface area contributed by atoms with E-state index in [4.69, 9.17) is 9.47 Å². The topological polar surface area (TPSA) is 82.4 Å². The Morgan fingerprint density at radius 1 is 1.11 bits per heavy atom. The van der Waals surface area contributed by atoms with Crippen molar-refractivity contribution in [2.45, 2.75) is 17.9 Å². The summed E-state index contributed by atoms with van der Waals surface area (Å²) in [5.41, 5.74) is 1.46. The van der Waals surface area contributed by atoms with Gasteiger partial charge in [-0.3, -0.25) is 0 Å². The van der Waals surface area contributed by atoms with Gasteiger partial charge in [-0.25, -0.2) is 13.4 Å². The number of aromatic nitrogens is 2. The number of hydrogen-bond acceptors (Lipinski definition) is 5. The maximum atomic E-state index is 13.1. The summed E-state index contributed by atoms with van der Waals surface area (Å²) >= 11 is 0. The van der Waals surface area contributed by atoms with Crippen molar-refractivity contribution in [2.24, 2.45) is 7.05 Å². The van der Waals surface area contributed by atoms with E-state index in [1.54, 1.807) is 62.4 Å². The molecule has 0 aliphatic heterocycles. The first-order valence-corrected chi connectivity index (χ1v) is 10.1. The number of hydrogen-bond donors (Lipinski definition) is 1. The zero-order valence-electron chi connectivity index (χ0n) is 16.2. The summed E-state index contributed by atoms with van der Waals surface area (Å²) < 4.78 is 41.3. The molecule has 28 heavy (non-hydrogen) atoms. The molecule has 1 aromatic heterocycles. The van der Waals surface area contributed by atoms with Gasteiger partial charge in [-0.1, -0.05) is 12.1 Å². The van der Waals surface area contributed by atoms with Crippen LogP contribution in [0.15, 0.2) is 59.8 Å². The molecule has 0 bridgehead atoms. The molecule has 3 aromatic rings. The van der Waals surface area contributed by atoms with Crippen LogP contribution in [0.3, 0.4) is 0 Å². The van der Waals surface area contributed by atoms with Gasteiger partial charge in [-0.05, 0) is 48.4 Å². The molecule has 1 atom stereocenters. The lowest BCUT2D eigenvalue weighted by atomic mass is 10.1. The van der Waals surface area contributed by atoms with E-state index in [0.29, 0.717) is 17.3 Å². The molecule has 0 aliphatic rings. The predicted molar refractivity (Wildman–Crippen MR) is 106 cm³/mol. The Bertz CT molecular complexity index is 1080. The molecule has 1 N–H and O–H groups in total. The second-order valence-corrected chi connectivity index (χ2v) is 8.07. The molecule has 7 nitrogen and oxygen atoms in total. The lowest BCUT2D eigenvalue weighted by molar-refractivity contribution is 0.411. The highest BCUT2D eigenvalue weighted by Gasteiger charge is 2.26. The largest absolute Gasteiger partial charge is 0.497 e. The van der Waals surface area contributed by atoms with E-state index in [1.807, 2.05) is 19.2 Å². The standard InChI is InChI=1S/C20H23N3O4S/c1-14-12-17(8-9-18(14)27-4)28(24,25)22-19(20-21-10-11-23(20)2)15-6-5-7-16(13-15)26-3/h5-13,19,22H,1-4H3/t19-/m0/s1. The highest BCUT2D eigenvalue weighted by molar-refractivity contribution is 7.89. The van der Waals surface area contributed by atoms with Crippen LogP contribution in [0.1, 0.15) is 23.0 Å². The van der Waals surface area contributed by atoms with Crippen LogP contribution >= 0.6 is 0 Å². The first kappa shape index (κ1) is 19.9. The average Bonchev–Trinajstić information content (AvgIpc) is 3.11. The maximum Gasteiger partial charge on any atom is 0.241 e. The van der Waals surface area contributed by atoms with Crippen LogP contribution in [-0.4, -0.2) is 32.2 Å². The van der Waals surface area contributed by atoms with Gasteiger partial charge in [0, 0.05) is 19.4 Å². The molecule has 1 heterocycles. The molecule has 0 radical (unpaired) electrons. The third-order valence-corrected chi connectivity index (χ3v) is 5.91. The molecule has 0 saturated carbocycles. The zero-order chi connectivity index (χ0) is 20.3. The third-order valence-electron chi connectivity index (χ3n) is 4.49. The summed E-state index contributed by atoms with van der Waals surface area (Å²) in [6.07, 6.45) is 3.41. The van der Waals surface area contributed by atoms with Crippen LogP contribution in [0.5, 0.6) is 11.5 Å². The summed E-state index contributed by atoms with van der Waals surface area (Å²) in [7, 11) is 1.12. The Morgan fingerprint density at radius 2 is 1.89 bits per heavy atom. The molecule has 8 heteroatoms. The normalized spacial score (nSPS) is 12.6. The van der Waals surface area contributed by atoms with Gasteiger partial charge in [0.15, 0.2) is 0 Å². The van der Waals surface area contributed by atoms with Crippen molar-refractivity contribution in [3.8, 4) is 11.5 Å². The van der Waals surface area contributed by atoms with Crippen LogP contribution in [0.25, 0.3) is 0 Å². The Labute approximate surface area is 165 Å². The Hall–Kier alpha value is -2.84. The van der Waals surface area contributed by atoms with E-state index in [2.05, 4.69) is 9.71 Å². The number of methoxy groups -OCH3 is 2. The Balaban J connectivity index is 2.04. The van der Waals surface area contributed by atoms with E-state index >= 15 is 0 Å². The van der Waals surface area contributed by atoms with Crippen molar-refractivity contribution < 1.29 is 17.9 Å². The molecule has 0 spiro atoms. The van der Waals surface area contributed by atoms with Gasteiger partial charge in [-0.2, -0.15) is 4.72 Å². The fraction of sp³-hybridized carbons (Fsp3) is 0.250. The number of nitrogens with one attached hydrogen (secondary N) is 1. The van der Waals surface area contributed by atoms with E-state index in [9.17, 15) is 8.42 Å². The molecule has 0 amide bonds. The van der Waals surface area contributed by atoms with E-state index in [0.717, 1.165) is 11.1 Å². The minimum absolute atomic E-state index is 0.160. The maximum absolute atomic E-state index is 13.1. The number of benzene rings is 2. The SMILES string of the molecule is COc1cccc([C@H](NS(=O)(=O)c2ccc(OC)c(C)c2)c2nccn2C)c1. The van der Waals surface area contributed by atoms with Crippen molar-refractivity contribution in [3.05, 3.63) is 71.8 Å². The zero-order valence-corrected chi connectivity index (χ0v) is 17.0. The van der Waals surface area contributed by atoms with Crippen LogP contribution in [0.4, 0.5) is 0 Å².